The fourth-order valence-corrected chi connectivity index (χ4v) is 4.25. The van der Waals surface area contributed by atoms with E-state index in [9.17, 15) is 0 Å². The maximum Gasteiger partial charge on any atom is 0.191 e. The fraction of sp³-hybridized carbons (Fsp3) is 0.522. The Kier molecular flexibility index (Phi) is 11.7. The van der Waals surface area contributed by atoms with Crippen molar-refractivity contribution in [3.8, 4) is 0 Å². The topological polar surface area (TPSA) is 42.9 Å². The molecule has 2 heterocycles. The van der Waals surface area contributed by atoms with E-state index >= 15 is 0 Å². The van der Waals surface area contributed by atoms with Crippen LogP contribution < -0.4 is 10.6 Å². The van der Waals surface area contributed by atoms with Crippen LogP contribution in [0.1, 0.15) is 29.3 Å². The predicted octanol–water partition coefficient (Wildman–Crippen LogP) is 3.80. The van der Waals surface area contributed by atoms with Gasteiger partial charge in [-0.2, -0.15) is 0 Å². The van der Waals surface area contributed by atoms with E-state index in [4.69, 9.17) is 4.99 Å². The molecule has 166 valence electrons. The molecular weight excluding hydrogens is 505 g/mol. The molecule has 5 nitrogen and oxygen atoms in total. The molecular formula is C23H36IN5S. The van der Waals surface area contributed by atoms with Crippen LogP contribution in [0.5, 0.6) is 0 Å². The minimum Gasteiger partial charge on any atom is -0.357 e. The van der Waals surface area contributed by atoms with Crippen molar-refractivity contribution >= 4 is 41.3 Å². The zero-order valence-electron chi connectivity index (χ0n) is 18.3. The Bertz CT molecular complexity index is 733. The molecule has 3 rings (SSSR count). The molecule has 2 aromatic rings. The third kappa shape index (κ3) is 8.91. The Morgan fingerprint density at radius 1 is 1.03 bits per heavy atom. The quantitative estimate of drug-likeness (QED) is 0.303. The van der Waals surface area contributed by atoms with Crippen molar-refractivity contribution in [1.82, 2.24) is 20.4 Å². The molecule has 1 aliphatic rings. The molecule has 1 aromatic heterocycles. The van der Waals surface area contributed by atoms with Crippen molar-refractivity contribution < 1.29 is 0 Å². The van der Waals surface area contributed by atoms with E-state index in [2.05, 4.69) is 76.2 Å². The summed E-state index contributed by atoms with van der Waals surface area (Å²) < 4.78 is 0. The molecule has 0 spiro atoms. The van der Waals surface area contributed by atoms with Gasteiger partial charge < -0.3 is 15.5 Å². The smallest absolute Gasteiger partial charge is 0.191 e. The molecule has 1 fully saturated rings. The summed E-state index contributed by atoms with van der Waals surface area (Å²) in [6.07, 6.45) is 2.29. The molecule has 0 aliphatic carbocycles. The lowest BCUT2D eigenvalue weighted by atomic mass is 10.1. The third-order valence-corrected chi connectivity index (χ3v) is 6.19. The number of hydrogen-bond acceptors (Lipinski definition) is 4. The highest BCUT2D eigenvalue weighted by atomic mass is 127. The number of thiophene rings is 1. The Hall–Kier alpha value is -1.16. The summed E-state index contributed by atoms with van der Waals surface area (Å²) in [6, 6.07) is 13.2. The maximum atomic E-state index is 4.75. The average Bonchev–Trinajstić information content (AvgIpc) is 3.16. The Morgan fingerprint density at radius 2 is 1.83 bits per heavy atom. The summed E-state index contributed by atoms with van der Waals surface area (Å²) in [4.78, 5) is 11.1. The highest BCUT2D eigenvalue weighted by molar-refractivity contribution is 14.0. The summed E-state index contributed by atoms with van der Waals surface area (Å²) in [7, 11) is 2.22. The number of benzene rings is 1. The van der Waals surface area contributed by atoms with Crippen LogP contribution in [0.4, 0.5) is 0 Å². The molecule has 0 atom stereocenters. The van der Waals surface area contributed by atoms with Gasteiger partial charge in [-0.25, -0.2) is 4.99 Å². The van der Waals surface area contributed by atoms with Crippen LogP contribution in [-0.2, 0) is 19.5 Å². The lowest BCUT2D eigenvalue weighted by Crippen LogP contribution is -2.38. The molecule has 0 unspecified atom stereocenters. The number of guanidine groups is 1. The predicted molar refractivity (Wildman–Crippen MR) is 140 cm³/mol. The molecule has 0 radical (unpaired) electrons. The zero-order chi connectivity index (χ0) is 20.3. The van der Waals surface area contributed by atoms with E-state index < -0.39 is 0 Å². The van der Waals surface area contributed by atoms with E-state index in [1.54, 1.807) is 11.3 Å². The molecule has 1 aliphatic heterocycles. The summed E-state index contributed by atoms with van der Waals surface area (Å²) in [5.74, 6) is 0.891. The standard InChI is InChI=1S/C23H35N5S.HI/c1-3-24-23(25-12-11-22-6-4-17-29-22)26-18-20-7-9-21(10-8-20)19-28-14-5-13-27(2)15-16-28;/h4,6-10,17H,3,5,11-16,18-19H2,1-2H3,(H2,24,25,26);1H. The van der Waals surface area contributed by atoms with Crippen LogP contribution >= 0.6 is 35.3 Å². The van der Waals surface area contributed by atoms with Gasteiger partial charge in [0.05, 0.1) is 6.54 Å². The zero-order valence-corrected chi connectivity index (χ0v) is 21.4. The Balaban J connectivity index is 0.00000320. The highest BCUT2D eigenvalue weighted by Crippen LogP contribution is 2.11. The van der Waals surface area contributed by atoms with Crippen molar-refractivity contribution in [2.45, 2.75) is 32.9 Å². The van der Waals surface area contributed by atoms with Crippen LogP contribution in [0.25, 0.3) is 0 Å². The van der Waals surface area contributed by atoms with Gasteiger partial charge in [-0.15, -0.1) is 35.3 Å². The summed E-state index contributed by atoms with van der Waals surface area (Å²) in [6.45, 7) is 10.3. The van der Waals surface area contributed by atoms with Gasteiger partial charge in [0.2, 0.25) is 0 Å². The second kappa shape index (κ2) is 14.0. The summed E-state index contributed by atoms with van der Waals surface area (Å²) in [5, 5.41) is 8.91. The van der Waals surface area contributed by atoms with Crippen LogP contribution in [0.3, 0.4) is 0 Å². The number of likely N-dealkylation sites (N-methyl/N-ethyl adjacent to an activating group) is 1. The summed E-state index contributed by atoms with van der Waals surface area (Å²) >= 11 is 1.81. The number of nitrogens with zero attached hydrogens (tertiary/aromatic N) is 3. The lowest BCUT2D eigenvalue weighted by molar-refractivity contribution is 0.269. The fourth-order valence-electron chi connectivity index (χ4n) is 3.54. The molecule has 1 aromatic carbocycles. The first-order chi connectivity index (χ1) is 14.2. The summed E-state index contributed by atoms with van der Waals surface area (Å²) in [5.41, 5.74) is 2.64. The molecule has 30 heavy (non-hydrogen) atoms. The van der Waals surface area contributed by atoms with Gasteiger partial charge in [0.15, 0.2) is 5.96 Å². The van der Waals surface area contributed by atoms with Gasteiger partial charge in [0.1, 0.15) is 0 Å². The molecule has 0 saturated carbocycles. The van der Waals surface area contributed by atoms with E-state index in [-0.39, 0.29) is 24.0 Å². The van der Waals surface area contributed by atoms with Gasteiger partial charge in [-0.3, -0.25) is 4.90 Å². The Labute approximate surface area is 203 Å². The van der Waals surface area contributed by atoms with E-state index in [0.29, 0.717) is 6.54 Å². The molecule has 0 bridgehead atoms. The average molecular weight is 542 g/mol. The normalized spacial score (nSPS) is 16.0. The Morgan fingerprint density at radius 3 is 2.57 bits per heavy atom. The van der Waals surface area contributed by atoms with Crippen molar-refractivity contribution in [2.75, 3.05) is 46.3 Å². The second-order valence-corrected chi connectivity index (χ2v) is 8.73. The van der Waals surface area contributed by atoms with E-state index in [1.165, 1.54) is 42.1 Å². The number of aliphatic imine (C=N–C) groups is 1. The van der Waals surface area contributed by atoms with Gasteiger partial charge >= 0.3 is 0 Å². The van der Waals surface area contributed by atoms with E-state index in [0.717, 1.165) is 38.6 Å². The molecule has 2 N–H and O–H groups in total. The van der Waals surface area contributed by atoms with Crippen LogP contribution in [-0.4, -0.2) is 62.1 Å². The lowest BCUT2D eigenvalue weighted by Gasteiger charge is -2.20. The highest BCUT2D eigenvalue weighted by Gasteiger charge is 2.12. The second-order valence-electron chi connectivity index (χ2n) is 7.70. The van der Waals surface area contributed by atoms with Crippen LogP contribution in [0.15, 0.2) is 46.8 Å². The van der Waals surface area contributed by atoms with Gasteiger partial charge in [0, 0.05) is 37.6 Å². The molecule has 7 heteroatoms. The van der Waals surface area contributed by atoms with Gasteiger partial charge in [0.25, 0.3) is 0 Å². The molecule has 0 amide bonds. The van der Waals surface area contributed by atoms with Crippen LogP contribution in [0.2, 0.25) is 0 Å². The third-order valence-electron chi connectivity index (χ3n) is 5.25. The number of halogens is 1. The first-order valence-electron chi connectivity index (χ1n) is 10.8. The number of hydrogen-bond donors (Lipinski definition) is 2. The van der Waals surface area contributed by atoms with E-state index in [1.807, 2.05) is 0 Å². The van der Waals surface area contributed by atoms with Gasteiger partial charge in [-0.05, 0) is 62.5 Å². The van der Waals surface area contributed by atoms with Crippen molar-refractivity contribution in [3.05, 3.63) is 57.8 Å². The SMILES string of the molecule is CCNC(=NCc1ccc(CN2CCCN(C)CC2)cc1)NCCc1cccs1.I. The minimum absolute atomic E-state index is 0. The number of rotatable bonds is 8. The van der Waals surface area contributed by atoms with Crippen molar-refractivity contribution in [1.29, 1.82) is 0 Å². The monoisotopic (exact) mass is 541 g/mol. The maximum absolute atomic E-state index is 4.75. The largest absolute Gasteiger partial charge is 0.357 e. The number of nitrogens with one attached hydrogen (secondary N) is 2. The van der Waals surface area contributed by atoms with Crippen molar-refractivity contribution in [2.24, 2.45) is 4.99 Å². The molecule has 1 saturated heterocycles. The first-order valence-corrected chi connectivity index (χ1v) is 11.6. The van der Waals surface area contributed by atoms with Gasteiger partial charge in [-0.1, -0.05) is 30.3 Å². The first kappa shape index (κ1) is 25.1. The minimum atomic E-state index is 0. The van der Waals surface area contributed by atoms with Crippen molar-refractivity contribution in [3.63, 3.8) is 0 Å². The van der Waals surface area contributed by atoms with Crippen LogP contribution in [0, 0.1) is 0 Å².